The molecule has 0 radical (unpaired) electrons. The number of methoxy groups -OCH3 is 1. The van der Waals surface area contributed by atoms with E-state index in [-0.39, 0.29) is 0 Å². The molecule has 0 spiro atoms. The van der Waals surface area contributed by atoms with Crippen LogP contribution in [-0.4, -0.2) is 13.7 Å². The van der Waals surface area contributed by atoms with Crippen LogP contribution in [0.1, 0.15) is 11.1 Å². The molecule has 0 fully saturated rings. The molecule has 3 nitrogen and oxygen atoms in total. The van der Waals surface area contributed by atoms with E-state index in [1.54, 1.807) is 13.2 Å². The number of nitrogens with two attached hydrogens (primary N) is 1. The highest BCUT2D eigenvalue weighted by molar-refractivity contribution is 6.35. The van der Waals surface area contributed by atoms with E-state index in [2.05, 4.69) is 0 Å². The highest BCUT2D eigenvalue weighted by Gasteiger charge is 2.10. The van der Waals surface area contributed by atoms with Gasteiger partial charge in [0.1, 0.15) is 18.1 Å². The zero-order valence-electron chi connectivity index (χ0n) is 11.7. The third-order valence-corrected chi connectivity index (χ3v) is 3.54. The number of ether oxygens (including phenoxy) is 2. The summed E-state index contributed by atoms with van der Waals surface area (Å²) >= 11 is 12.2. The summed E-state index contributed by atoms with van der Waals surface area (Å²) in [5, 5.41) is 1.08. The van der Waals surface area contributed by atoms with Crippen molar-refractivity contribution >= 4 is 23.2 Å². The predicted molar refractivity (Wildman–Crippen MR) is 86.5 cm³/mol. The van der Waals surface area contributed by atoms with Crippen molar-refractivity contribution < 1.29 is 9.47 Å². The lowest BCUT2D eigenvalue weighted by Crippen LogP contribution is -2.06. The molecule has 0 aromatic heterocycles. The van der Waals surface area contributed by atoms with Gasteiger partial charge in [0, 0.05) is 5.02 Å². The van der Waals surface area contributed by atoms with Crippen molar-refractivity contribution in [3.8, 4) is 11.5 Å². The molecule has 2 aromatic carbocycles. The lowest BCUT2D eigenvalue weighted by Gasteiger charge is -2.14. The van der Waals surface area contributed by atoms with E-state index in [1.807, 2.05) is 30.3 Å². The topological polar surface area (TPSA) is 44.5 Å². The van der Waals surface area contributed by atoms with E-state index < -0.39 is 0 Å². The third-order valence-electron chi connectivity index (χ3n) is 3.04. The largest absolute Gasteiger partial charge is 0.497 e. The van der Waals surface area contributed by atoms with Crippen LogP contribution >= 0.6 is 23.2 Å². The van der Waals surface area contributed by atoms with Gasteiger partial charge >= 0.3 is 0 Å². The van der Waals surface area contributed by atoms with Crippen molar-refractivity contribution in [1.29, 1.82) is 0 Å². The first-order chi connectivity index (χ1) is 10.1. The van der Waals surface area contributed by atoms with Crippen LogP contribution < -0.4 is 15.2 Å². The number of hydrogen-bond donors (Lipinski definition) is 1. The van der Waals surface area contributed by atoms with E-state index in [4.69, 9.17) is 38.4 Å². The molecule has 0 aliphatic carbocycles. The lowest BCUT2D eigenvalue weighted by molar-refractivity contribution is 0.303. The Bertz CT molecular complexity index is 600. The Morgan fingerprint density at radius 3 is 2.43 bits per heavy atom. The lowest BCUT2D eigenvalue weighted by atomic mass is 10.1. The van der Waals surface area contributed by atoms with Gasteiger partial charge in [-0.2, -0.15) is 0 Å². The highest BCUT2D eigenvalue weighted by Crippen LogP contribution is 2.33. The van der Waals surface area contributed by atoms with E-state index in [1.165, 1.54) is 0 Å². The Balaban J connectivity index is 2.14. The molecule has 0 saturated heterocycles. The van der Waals surface area contributed by atoms with Gasteiger partial charge in [-0.05, 0) is 48.4 Å². The maximum atomic E-state index is 6.21. The Hall–Kier alpha value is -1.42. The van der Waals surface area contributed by atoms with Crippen LogP contribution in [0.25, 0.3) is 0 Å². The SMILES string of the molecule is COc1ccc(COc2c(Cl)cc(Cl)cc2CCN)cc1. The minimum Gasteiger partial charge on any atom is -0.497 e. The van der Waals surface area contributed by atoms with Gasteiger partial charge in [-0.25, -0.2) is 0 Å². The summed E-state index contributed by atoms with van der Waals surface area (Å²) in [4.78, 5) is 0. The van der Waals surface area contributed by atoms with Crippen molar-refractivity contribution in [1.82, 2.24) is 0 Å². The number of halogens is 2. The van der Waals surface area contributed by atoms with Crippen molar-refractivity contribution in [2.75, 3.05) is 13.7 Å². The van der Waals surface area contributed by atoms with Gasteiger partial charge in [0.25, 0.3) is 0 Å². The molecular formula is C16H17Cl2NO2. The smallest absolute Gasteiger partial charge is 0.141 e. The molecule has 2 rings (SSSR count). The van der Waals surface area contributed by atoms with Crippen LogP contribution in [0.2, 0.25) is 10.0 Å². The van der Waals surface area contributed by atoms with Crippen molar-refractivity contribution in [2.45, 2.75) is 13.0 Å². The second-order valence-electron chi connectivity index (χ2n) is 4.55. The fourth-order valence-corrected chi connectivity index (χ4v) is 2.58. The van der Waals surface area contributed by atoms with Crippen LogP contribution in [0.3, 0.4) is 0 Å². The standard InChI is InChI=1S/C16H17Cl2NO2/c1-20-14-4-2-11(3-5-14)10-21-16-12(6-7-19)8-13(17)9-15(16)18/h2-5,8-9H,6-7,10,19H2,1H3. The van der Waals surface area contributed by atoms with Gasteiger partial charge in [-0.1, -0.05) is 35.3 Å². The first-order valence-electron chi connectivity index (χ1n) is 6.57. The molecule has 5 heteroatoms. The molecular weight excluding hydrogens is 309 g/mol. The molecule has 0 atom stereocenters. The second kappa shape index (κ2) is 7.55. The van der Waals surface area contributed by atoms with Gasteiger partial charge < -0.3 is 15.2 Å². The minimum absolute atomic E-state index is 0.420. The van der Waals surface area contributed by atoms with Crippen LogP contribution in [-0.2, 0) is 13.0 Å². The molecule has 0 aliphatic heterocycles. The summed E-state index contributed by atoms with van der Waals surface area (Å²) in [6.45, 7) is 0.929. The van der Waals surface area contributed by atoms with Crippen LogP contribution in [0.5, 0.6) is 11.5 Å². The predicted octanol–water partition coefficient (Wildman–Crippen LogP) is 4.08. The monoisotopic (exact) mass is 325 g/mol. The number of hydrogen-bond acceptors (Lipinski definition) is 3. The molecule has 2 N–H and O–H groups in total. The summed E-state index contributed by atoms with van der Waals surface area (Å²) in [5.74, 6) is 1.45. The fourth-order valence-electron chi connectivity index (χ4n) is 1.99. The third kappa shape index (κ3) is 4.27. The first-order valence-corrected chi connectivity index (χ1v) is 7.33. The van der Waals surface area contributed by atoms with E-state index in [0.29, 0.717) is 35.4 Å². The molecule has 0 amide bonds. The molecule has 21 heavy (non-hydrogen) atoms. The molecule has 112 valence electrons. The van der Waals surface area contributed by atoms with E-state index in [0.717, 1.165) is 16.9 Å². The Labute approximate surface area is 134 Å². The summed E-state index contributed by atoms with van der Waals surface area (Å²) in [6, 6.07) is 11.2. The molecule has 0 aliphatic rings. The van der Waals surface area contributed by atoms with E-state index >= 15 is 0 Å². The number of rotatable bonds is 6. The average Bonchev–Trinajstić information content (AvgIpc) is 2.47. The quantitative estimate of drug-likeness (QED) is 0.870. The van der Waals surface area contributed by atoms with Crippen LogP contribution in [0, 0.1) is 0 Å². The summed E-state index contributed by atoms with van der Waals surface area (Å²) in [6.07, 6.45) is 0.665. The van der Waals surface area contributed by atoms with Gasteiger partial charge in [-0.15, -0.1) is 0 Å². The van der Waals surface area contributed by atoms with E-state index in [9.17, 15) is 0 Å². The zero-order chi connectivity index (χ0) is 15.2. The minimum atomic E-state index is 0.420. The Kier molecular flexibility index (Phi) is 5.74. The summed E-state index contributed by atoms with van der Waals surface area (Å²) in [7, 11) is 1.64. The highest BCUT2D eigenvalue weighted by atomic mass is 35.5. The molecule has 2 aromatic rings. The summed E-state index contributed by atoms with van der Waals surface area (Å²) in [5.41, 5.74) is 7.56. The molecule has 0 saturated carbocycles. The fraction of sp³-hybridized carbons (Fsp3) is 0.250. The molecule has 0 heterocycles. The van der Waals surface area contributed by atoms with Crippen LogP contribution in [0.15, 0.2) is 36.4 Å². The zero-order valence-corrected chi connectivity index (χ0v) is 13.2. The van der Waals surface area contributed by atoms with Crippen molar-refractivity contribution in [3.63, 3.8) is 0 Å². The first kappa shape index (κ1) is 16.0. The van der Waals surface area contributed by atoms with Gasteiger partial charge in [0.2, 0.25) is 0 Å². The molecule has 0 bridgehead atoms. The maximum absolute atomic E-state index is 6.21. The van der Waals surface area contributed by atoms with Gasteiger partial charge in [-0.3, -0.25) is 0 Å². The van der Waals surface area contributed by atoms with Crippen molar-refractivity contribution in [3.05, 3.63) is 57.6 Å². The molecule has 0 unspecified atom stereocenters. The van der Waals surface area contributed by atoms with Crippen LogP contribution in [0.4, 0.5) is 0 Å². The number of benzene rings is 2. The van der Waals surface area contributed by atoms with Crippen molar-refractivity contribution in [2.24, 2.45) is 5.73 Å². The maximum Gasteiger partial charge on any atom is 0.141 e. The Morgan fingerprint density at radius 2 is 1.81 bits per heavy atom. The normalized spacial score (nSPS) is 10.5. The average molecular weight is 326 g/mol. The second-order valence-corrected chi connectivity index (χ2v) is 5.39. The Morgan fingerprint density at radius 1 is 1.10 bits per heavy atom. The van der Waals surface area contributed by atoms with Gasteiger partial charge in [0.05, 0.1) is 12.1 Å². The van der Waals surface area contributed by atoms with Gasteiger partial charge in [0.15, 0.2) is 0 Å². The summed E-state index contributed by atoms with van der Waals surface area (Å²) < 4.78 is 11.0.